The molecule has 2 heterocycles. The number of hydrogen-bond acceptors (Lipinski definition) is 5. The Bertz CT molecular complexity index is 952. The van der Waals surface area contributed by atoms with Crippen molar-refractivity contribution in [2.45, 2.75) is 25.4 Å². The summed E-state index contributed by atoms with van der Waals surface area (Å²) in [6.45, 7) is 1.56. The summed E-state index contributed by atoms with van der Waals surface area (Å²) < 4.78 is 11.0. The lowest BCUT2D eigenvalue weighted by Crippen LogP contribution is -2.29. The number of carbonyl (C=O) groups excluding carboxylic acids is 3. The number of anilines is 2. The summed E-state index contributed by atoms with van der Waals surface area (Å²) in [4.78, 5) is 38.4. The minimum Gasteiger partial charge on any atom is -0.378 e. The molecule has 1 fully saturated rings. The Balaban J connectivity index is 1.35. The standard InChI is InChI=1S/C22H21ClN2O5/c23-18-12-14(24-20(26)9-11-29-13-15-4-3-10-30-15)7-8-19(18)25-21(27)16-5-1-2-6-17(16)22(25)28/h1-2,5-8,12,15H,3-4,9-11,13H2,(H,24,26). The highest BCUT2D eigenvalue weighted by Crippen LogP contribution is 2.34. The molecule has 156 valence electrons. The maximum atomic E-state index is 12.6. The molecule has 3 amide bonds. The number of carbonyl (C=O) groups is 3. The molecule has 2 aromatic carbocycles. The van der Waals surface area contributed by atoms with Gasteiger partial charge in [-0.15, -0.1) is 0 Å². The second-order valence-corrected chi connectivity index (χ2v) is 7.57. The molecule has 4 rings (SSSR count). The van der Waals surface area contributed by atoms with Gasteiger partial charge in [0, 0.05) is 12.3 Å². The van der Waals surface area contributed by atoms with Crippen molar-refractivity contribution in [2.75, 3.05) is 30.0 Å². The van der Waals surface area contributed by atoms with Crippen LogP contribution in [0, 0.1) is 0 Å². The van der Waals surface area contributed by atoms with E-state index in [2.05, 4.69) is 5.32 Å². The number of fused-ring (bicyclic) bond motifs is 1. The van der Waals surface area contributed by atoms with Crippen molar-refractivity contribution in [3.8, 4) is 0 Å². The van der Waals surface area contributed by atoms with E-state index in [9.17, 15) is 14.4 Å². The summed E-state index contributed by atoms with van der Waals surface area (Å²) in [7, 11) is 0. The molecule has 30 heavy (non-hydrogen) atoms. The zero-order chi connectivity index (χ0) is 21.1. The Hall–Kier alpha value is -2.74. The lowest BCUT2D eigenvalue weighted by molar-refractivity contribution is -0.117. The first-order chi connectivity index (χ1) is 14.5. The highest BCUT2D eigenvalue weighted by atomic mass is 35.5. The molecule has 2 aliphatic rings. The molecule has 0 radical (unpaired) electrons. The van der Waals surface area contributed by atoms with Gasteiger partial charge < -0.3 is 14.8 Å². The normalized spacial score (nSPS) is 18.0. The number of amides is 3. The fourth-order valence-electron chi connectivity index (χ4n) is 3.55. The molecule has 0 spiro atoms. The largest absolute Gasteiger partial charge is 0.378 e. The Kier molecular flexibility index (Phi) is 6.13. The average Bonchev–Trinajstić information content (AvgIpc) is 3.34. The first-order valence-corrected chi connectivity index (χ1v) is 10.2. The van der Waals surface area contributed by atoms with Crippen LogP contribution in [0.1, 0.15) is 40.0 Å². The van der Waals surface area contributed by atoms with Crippen molar-refractivity contribution in [1.29, 1.82) is 0 Å². The average molecular weight is 429 g/mol. The maximum absolute atomic E-state index is 12.6. The maximum Gasteiger partial charge on any atom is 0.266 e. The smallest absolute Gasteiger partial charge is 0.266 e. The van der Waals surface area contributed by atoms with Crippen molar-refractivity contribution in [1.82, 2.24) is 0 Å². The van der Waals surface area contributed by atoms with E-state index in [1.807, 2.05) is 0 Å². The molecule has 2 aromatic rings. The molecule has 0 bridgehead atoms. The topological polar surface area (TPSA) is 84.9 Å². The number of rotatable bonds is 7. The van der Waals surface area contributed by atoms with Gasteiger partial charge in [0.1, 0.15) is 0 Å². The molecule has 1 N–H and O–H groups in total. The summed E-state index contributed by atoms with van der Waals surface area (Å²) in [6, 6.07) is 11.3. The van der Waals surface area contributed by atoms with Crippen molar-refractivity contribution in [3.05, 3.63) is 58.6 Å². The van der Waals surface area contributed by atoms with Crippen molar-refractivity contribution in [3.63, 3.8) is 0 Å². The Morgan fingerprint density at radius 1 is 1.17 bits per heavy atom. The Labute approximate surface area is 178 Å². The SMILES string of the molecule is O=C(CCOCC1CCCO1)Nc1ccc(N2C(=O)c3ccccc3C2=O)c(Cl)c1. The van der Waals surface area contributed by atoms with E-state index in [1.54, 1.807) is 36.4 Å². The quantitative estimate of drug-likeness (QED) is 0.537. The predicted octanol–water partition coefficient (Wildman–Crippen LogP) is 3.66. The van der Waals surface area contributed by atoms with E-state index in [-0.39, 0.29) is 29.1 Å². The van der Waals surface area contributed by atoms with Crippen LogP contribution in [0.5, 0.6) is 0 Å². The second-order valence-electron chi connectivity index (χ2n) is 7.17. The number of hydrogen-bond donors (Lipinski definition) is 1. The monoisotopic (exact) mass is 428 g/mol. The molecule has 1 saturated heterocycles. The van der Waals surface area contributed by atoms with Gasteiger partial charge in [0.2, 0.25) is 5.91 Å². The summed E-state index contributed by atoms with van der Waals surface area (Å²) in [6.07, 6.45) is 2.36. The number of halogens is 1. The summed E-state index contributed by atoms with van der Waals surface area (Å²) in [5.41, 5.74) is 1.45. The number of benzene rings is 2. The molecule has 1 unspecified atom stereocenters. The van der Waals surface area contributed by atoms with Crippen LogP contribution >= 0.6 is 11.6 Å². The molecule has 0 saturated carbocycles. The Morgan fingerprint density at radius 2 is 1.90 bits per heavy atom. The van der Waals surface area contributed by atoms with Gasteiger partial charge in [-0.2, -0.15) is 0 Å². The van der Waals surface area contributed by atoms with E-state index in [1.165, 1.54) is 6.07 Å². The van der Waals surface area contributed by atoms with E-state index >= 15 is 0 Å². The molecular weight excluding hydrogens is 408 g/mol. The summed E-state index contributed by atoms with van der Waals surface area (Å²) in [5, 5.41) is 2.94. The van der Waals surface area contributed by atoms with Crippen molar-refractivity contribution in [2.24, 2.45) is 0 Å². The van der Waals surface area contributed by atoms with Gasteiger partial charge in [-0.1, -0.05) is 23.7 Å². The molecule has 1 atom stereocenters. The van der Waals surface area contributed by atoms with Crippen LogP contribution in [0.25, 0.3) is 0 Å². The summed E-state index contributed by atoms with van der Waals surface area (Å²) in [5.74, 6) is -1.05. The van der Waals surface area contributed by atoms with Crippen LogP contribution in [-0.4, -0.2) is 43.6 Å². The molecule has 7 nitrogen and oxygen atoms in total. The lowest BCUT2D eigenvalue weighted by atomic mass is 10.1. The van der Waals surface area contributed by atoms with Gasteiger partial charge in [0.05, 0.1) is 47.6 Å². The molecule has 8 heteroatoms. The highest BCUT2D eigenvalue weighted by Gasteiger charge is 2.37. The predicted molar refractivity (Wildman–Crippen MR) is 112 cm³/mol. The van der Waals surface area contributed by atoms with Gasteiger partial charge in [-0.25, -0.2) is 4.90 Å². The van der Waals surface area contributed by atoms with Crippen molar-refractivity contribution >= 4 is 40.7 Å². The van der Waals surface area contributed by atoms with Crippen LogP contribution in [0.4, 0.5) is 11.4 Å². The first-order valence-electron chi connectivity index (χ1n) is 9.81. The summed E-state index contributed by atoms with van der Waals surface area (Å²) >= 11 is 6.33. The van der Waals surface area contributed by atoms with Crippen LogP contribution < -0.4 is 10.2 Å². The van der Waals surface area contributed by atoms with Gasteiger partial charge in [-0.05, 0) is 43.2 Å². The van der Waals surface area contributed by atoms with Crippen LogP contribution in [0.3, 0.4) is 0 Å². The van der Waals surface area contributed by atoms with Crippen molar-refractivity contribution < 1.29 is 23.9 Å². The van der Waals surface area contributed by atoms with Gasteiger partial charge in [-0.3, -0.25) is 14.4 Å². The van der Waals surface area contributed by atoms with Gasteiger partial charge in [0.25, 0.3) is 11.8 Å². The Morgan fingerprint density at radius 3 is 2.53 bits per heavy atom. The number of imide groups is 1. The van der Waals surface area contributed by atoms with Gasteiger partial charge >= 0.3 is 0 Å². The number of nitrogens with zero attached hydrogens (tertiary/aromatic N) is 1. The van der Waals surface area contributed by atoms with Crippen LogP contribution in [0.15, 0.2) is 42.5 Å². The first kappa shape index (κ1) is 20.5. The van der Waals surface area contributed by atoms with E-state index in [4.69, 9.17) is 21.1 Å². The third-order valence-electron chi connectivity index (χ3n) is 5.07. The minimum atomic E-state index is -0.419. The van der Waals surface area contributed by atoms with Crippen LogP contribution in [0.2, 0.25) is 5.02 Å². The minimum absolute atomic E-state index is 0.126. The zero-order valence-corrected chi connectivity index (χ0v) is 17.0. The molecular formula is C22H21ClN2O5. The second kappa shape index (κ2) is 8.95. The number of ether oxygens (including phenoxy) is 2. The molecule has 0 aromatic heterocycles. The third kappa shape index (κ3) is 4.23. The lowest BCUT2D eigenvalue weighted by Gasteiger charge is -2.16. The zero-order valence-electron chi connectivity index (χ0n) is 16.2. The molecule has 2 aliphatic heterocycles. The number of nitrogens with one attached hydrogen (secondary N) is 1. The van der Waals surface area contributed by atoms with E-state index in [0.29, 0.717) is 30.0 Å². The van der Waals surface area contributed by atoms with E-state index < -0.39 is 11.8 Å². The fourth-order valence-corrected chi connectivity index (χ4v) is 3.82. The van der Waals surface area contributed by atoms with Crippen LogP contribution in [-0.2, 0) is 14.3 Å². The highest BCUT2D eigenvalue weighted by molar-refractivity contribution is 6.40. The van der Waals surface area contributed by atoms with E-state index in [0.717, 1.165) is 24.3 Å². The van der Waals surface area contributed by atoms with Gasteiger partial charge in [0.15, 0.2) is 0 Å². The molecule has 0 aliphatic carbocycles. The fraction of sp³-hybridized carbons (Fsp3) is 0.318. The third-order valence-corrected chi connectivity index (χ3v) is 5.37.